The molecule has 0 aromatic heterocycles. The minimum Gasteiger partial charge on any atom is -0.150 e. The van der Waals surface area contributed by atoms with Gasteiger partial charge >= 0.3 is 0 Å². The molecule has 0 N–H and O–H groups in total. The molecular formula is C16H25NO. The summed E-state index contributed by atoms with van der Waals surface area (Å²) < 4.78 is 0. The van der Waals surface area contributed by atoms with E-state index in [4.69, 9.17) is 0 Å². The molecule has 1 rings (SSSR count). The van der Waals surface area contributed by atoms with E-state index < -0.39 is 0 Å². The van der Waals surface area contributed by atoms with E-state index in [2.05, 4.69) is 18.2 Å². The van der Waals surface area contributed by atoms with Crippen molar-refractivity contribution in [1.29, 1.82) is 0 Å². The number of hydrogen-bond acceptors (Lipinski definition) is 2. The Morgan fingerprint density at radius 1 is 0.889 bits per heavy atom. The third-order valence-electron chi connectivity index (χ3n) is 3.40. The first-order valence-corrected chi connectivity index (χ1v) is 7.24. The fourth-order valence-corrected chi connectivity index (χ4v) is 2.30. The van der Waals surface area contributed by atoms with Gasteiger partial charge in [0.25, 0.3) is 0 Å². The van der Waals surface area contributed by atoms with Crippen molar-refractivity contribution in [3.63, 3.8) is 0 Å². The maximum absolute atomic E-state index is 10.4. The highest BCUT2D eigenvalue weighted by Crippen LogP contribution is 2.15. The Morgan fingerprint density at radius 3 is 2.17 bits per heavy atom. The zero-order chi connectivity index (χ0) is 13.1. The second-order valence-corrected chi connectivity index (χ2v) is 4.93. The second kappa shape index (κ2) is 9.81. The lowest BCUT2D eigenvalue weighted by Crippen LogP contribution is -1.93. The summed E-state index contributed by atoms with van der Waals surface area (Å²) in [7, 11) is 0. The van der Waals surface area contributed by atoms with Crippen molar-refractivity contribution >= 4 is 0 Å². The van der Waals surface area contributed by atoms with Crippen molar-refractivity contribution in [2.45, 2.75) is 64.8 Å². The minimum absolute atomic E-state index is 0.312. The molecule has 0 unspecified atom stereocenters. The molecule has 0 bridgehead atoms. The Balaban J connectivity index is 2.20. The predicted octanol–water partition coefficient (Wildman–Crippen LogP) is 5.25. The van der Waals surface area contributed by atoms with Gasteiger partial charge in [-0.05, 0) is 24.0 Å². The van der Waals surface area contributed by atoms with Crippen molar-refractivity contribution in [2.24, 2.45) is 5.18 Å². The summed E-state index contributed by atoms with van der Waals surface area (Å²) in [5.41, 5.74) is 2.39. The molecule has 0 saturated carbocycles. The van der Waals surface area contributed by atoms with Gasteiger partial charge < -0.3 is 0 Å². The molecule has 0 radical (unpaired) electrons. The third kappa shape index (κ3) is 5.95. The largest absolute Gasteiger partial charge is 0.150 e. The van der Waals surface area contributed by atoms with E-state index >= 15 is 0 Å². The monoisotopic (exact) mass is 247 g/mol. The van der Waals surface area contributed by atoms with Gasteiger partial charge in [0.2, 0.25) is 0 Å². The Bertz CT molecular complexity index is 336. The number of nitrogens with zero attached hydrogens (tertiary/aromatic N) is 1. The Labute approximate surface area is 111 Å². The first-order chi connectivity index (χ1) is 8.88. The van der Waals surface area contributed by atoms with Crippen LogP contribution in [-0.2, 0) is 13.0 Å². The number of nitroso groups, excluding NO2 is 1. The quantitative estimate of drug-likeness (QED) is 0.410. The molecule has 2 nitrogen and oxygen atoms in total. The lowest BCUT2D eigenvalue weighted by atomic mass is 10.0. The molecule has 0 spiro atoms. The van der Waals surface area contributed by atoms with Crippen LogP contribution in [-0.4, -0.2) is 0 Å². The molecule has 1 aromatic carbocycles. The van der Waals surface area contributed by atoms with Crippen molar-refractivity contribution < 1.29 is 0 Å². The smallest absolute Gasteiger partial charge is 0.106 e. The van der Waals surface area contributed by atoms with Gasteiger partial charge in [0.15, 0.2) is 0 Å². The fourth-order valence-electron chi connectivity index (χ4n) is 2.30. The summed E-state index contributed by atoms with van der Waals surface area (Å²) in [6, 6.07) is 8.16. The van der Waals surface area contributed by atoms with Crippen LogP contribution in [0.25, 0.3) is 0 Å². The van der Waals surface area contributed by atoms with Gasteiger partial charge in [-0.25, -0.2) is 0 Å². The minimum atomic E-state index is 0.312. The zero-order valence-electron chi connectivity index (χ0n) is 11.5. The summed E-state index contributed by atoms with van der Waals surface area (Å²) >= 11 is 0. The number of benzene rings is 1. The van der Waals surface area contributed by atoms with Crippen molar-refractivity contribution in [1.82, 2.24) is 0 Å². The summed E-state index contributed by atoms with van der Waals surface area (Å²) in [6.45, 7) is 2.56. The van der Waals surface area contributed by atoms with Gasteiger partial charge in [0, 0.05) is 0 Å². The summed E-state index contributed by atoms with van der Waals surface area (Å²) in [6.07, 6.45) is 10.4. The maximum atomic E-state index is 10.4. The molecule has 0 fully saturated rings. The highest BCUT2D eigenvalue weighted by molar-refractivity contribution is 5.27. The highest BCUT2D eigenvalue weighted by atomic mass is 16.3. The SMILES string of the molecule is CCCCCCCCCc1ccccc1CN=O. The van der Waals surface area contributed by atoms with E-state index in [1.807, 2.05) is 18.2 Å². The molecule has 2 heteroatoms. The number of aryl methyl sites for hydroxylation is 1. The Hall–Kier alpha value is -1.18. The molecule has 0 atom stereocenters. The Kier molecular flexibility index (Phi) is 8.11. The first kappa shape index (κ1) is 14.9. The molecule has 0 aliphatic rings. The van der Waals surface area contributed by atoms with Gasteiger partial charge in [-0.15, -0.1) is 0 Å². The first-order valence-electron chi connectivity index (χ1n) is 7.24. The van der Waals surface area contributed by atoms with E-state index in [0.29, 0.717) is 6.54 Å². The van der Waals surface area contributed by atoms with E-state index in [9.17, 15) is 4.91 Å². The number of unbranched alkanes of at least 4 members (excludes halogenated alkanes) is 6. The normalized spacial score (nSPS) is 10.5. The molecule has 0 aliphatic carbocycles. The van der Waals surface area contributed by atoms with Crippen LogP contribution >= 0.6 is 0 Å². The fraction of sp³-hybridized carbons (Fsp3) is 0.625. The van der Waals surface area contributed by atoms with E-state index in [1.54, 1.807) is 0 Å². The molecule has 0 heterocycles. The van der Waals surface area contributed by atoms with Crippen LogP contribution in [0.1, 0.15) is 63.0 Å². The van der Waals surface area contributed by atoms with Crippen molar-refractivity contribution in [3.8, 4) is 0 Å². The zero-order valence-corrected chi connectivity index (χ0v) is 11.5. The average Bonchev–Trinajstić information content (AvgIpc) is 2.40. The van der Waals surface area contributed by atoms with Crippen LogP contribution < -0.4 is 0 Å². The van der Waals surface area contributed by atoms with Crippen LogP contribution in [0.4, 0.5) is 0 Å². The molecule has 1 aromatic rings. The van der Waals surface area contributed by atoms with E-state index in [1.165, 1.54) is 50.5 Å². The highest BCUT2D eigenvalue weighted by Gasteiger charge is 2.01. The van der Waals surface area contributed by atoms with Crippen molar-refractivity contribution in [3.05, 3.63) is 40.3 Å². The lowest BCUT2D eigenvalue weighted by Gasteiger charge is -2.06. The molecule has 0 amide bonds. The second-order valence-electron chi connectivity index (χ2n) is 4.93. The third-order valence-corrected chi connectivity index (χ3v) is 3.40. The summed E-state index contributed by atoms with van der Waals surface area (Å²) in [5.74, 6) is 0. The van der Waals surface area contributed by atoms with Gasteiger partial charge in [0.05, 0.1) is 0 Å². The van der Waals surface area contributed by atoms with E-state index in [-0.39, 0.29) is 0 Å². The number of rotatable bonds is 10. The van der Waals surface area contributed by atoms with Crippen LogP contribution in [0.2, 0.25) is 0 Å². The Morgan fingerprint density at radius 2 is 1.50 bits per heavy atom. The van der Waals surface area contributed by atoms with Gasteiger partial charge in [-0.3, -0.25) is 0 Å². The predicted molar refractivity (Wildman–Crippen MR) is 77.6 cm³/mol. The molecule has 0 saturated heterocycles. The van der Waals surface area contributed by atoms with Gasteiger partial charge in [-0.2, -0.15) is 4.91 Å². The van der Waals surface area contributed by atoms with Crippen LogP contribution in [0, 0.1) is 4.91 Å². The number of hydrogen-bond donors (Lipinski definition) is 0. The summed E-state index contributed by atoms with van der Waals surface area (Å²) in [4.78, 5) is 10.4. The molecule has 100 valence electrons. The van der Waals surface area contributed by atoms with Crippen LogP contribution in [0.3, 0.4) is 0 Å². The average molecular weight is 247 g/mol. The van der Waals surface area contributed by atoms with Crippen molar-refractivity contribution in [2.75, 3.05) is 0 Å². The maximum Gasteiger partial charge on any atom is 0.106 e. The van der Waals surface area contributed by atoms with Crippen LogP contribution in [0.5, 0.6) is 0 Å². The molecule has 0 aliphatic heterocycles. The molecular weight excluding hydrogens is 222 g/mol. The van der Waals surface area contributed by atoms with Crippen LogP contribution in [0.15, 0.2) is 29.4 Å². The van der Waals surface area contributed by atoms with Gasteiger partial charge in [-0.1, -0.05) is 74.9 Å². The topological polar surface area (TPSA) is 29.4 Å². The standard InChI is InChI=1S/C16H25NO/c1-2-3-4-5-6-7-8-11-15-12-9-10-13-16(15)14-17-18/h9-10,12-13H,2-8,11,14H2,1H3. The molecule has 18 heavy (non-hydrogen) atoms. The summed E-state index contributed by atoms with van der Waals surface area (Å²) in [5, 5.41) is 2.99. The van der Waals surface area contributed by atoms with Gasteiger partial charge in [0.1, 0.15) is 6.54 Å². The van der Waals surface area contributed by atoms with E-state index in [0.717, 1.165) is 12.0 Å². The lowest BCUT2D eigenvalue weighted by molar-refractivity contribution is 0.588.